The van der Waals surface area contributed by atoms with Crippen LogP contribution in [0.4, 0.5) is 0 Å². The first kappa shape index (κ1) is 82.5. The van der Waals surface area contributed by atoms with Crippen LogP contribution in [0.3, 0.4) is 0 Å². The number of hydrogen-bond acceptors (Lipinski definition) is 22. The van der Waals surface area contributed by atoms with Gasteiger partial charge in [-0.1, -0.05) is 212 Å². The summed E-state index contributed by atoms with van der Waals surface area (Å²) in [6.07, 6.45) is 11.4. The number of nitrogens with one attached hydrogen (secondary N) is 2. The maximum Gasteiger partial charge on any atom is 0.246 e. The molecule has 0 spiro atoms. The summed E-state index contributed by atoms with van der Waals surface area (Å²) in [7, 11) is 0. The fourth-order valence-corrected chi connectivity index (χ4v) is 11.8. The van der Waals surface area contributed by atoms with E-state index in [1.165, 1.54) is 148 Å². The second-order valence-electron chi connectivity index (χ2n) is 24.7. The number of carboxylic acids is 1. The van der Waals surface area contributed by atoms with Gasteiger partial charge in [0.15, 0.2) is 12.6 Å². The van der Waals surface area contributed by atoms with Crippen molar-refractivity contribution < 1.29 is 109 Å². The quantitative estimate of drug-likeness (QED) is 0.0307. The number of carbonyl (C=O) groups excluding carboxylic acids is 3. The van der Waals surface area contributed by atoms with Crippen LogP contribution in [-0.4, -0.2) is 222 Å². The second kappa shape index (κ2) is 48.1. The Kier molecular flexibility index (Phi) is 44.6. The highest BCUT2D eigenvalue weighted by atomic mass is 16.8. The SMILES string of the molecule is CCCCCCCCCCCCC/C=C/[C@@H](O)[C@H](CO[C@@H]1O[C@H](CO)[C@@H](O[C@@H]2O[C@H](CO)[C@H](O)[C@H](O[C@]3(C(=O)[O-])C[C@H](O)[C@@H](NC(=O)CO)[C@H]([C@H](O)[C@H](O)CO)O3)[C@H]2O)[C@H](O)[C@H]1O)NC(=O)CCCCCCCCCCCCCCCCCCCCCC.[NH4+]. The Morgan fingerprint density at radius 1 is 0.596 bits per heavy atom. The molecule has 0 aromatic carbocycles. The Hall–Kier alpha value is -2.61. The molecule has 0 aromatic heterocycles. The summed E-state index contributed by atoms with van der Waals surface area (Å²) in [5.74, 6) is -6.99. The molecule has 0 aliphatic carbocycles. The predicted octanol–water partition coefficient (Wildman–Crippen LogP) is 3.13. The van der Waals surface area contributed by atoms with E-state index in [1.54, 1.807) is 6.08 Å². The van der Waals surface area contributed by atoms with Gasteiger partial charge in [0.25, 0.3) is 0 Å². The maximum atomic E-state index is 13.4. The second-order valence-corrected chi connectivity index (χ2v) is 24.7. The Balaban J connectivity index is 0.0000270. The summed E-state index contributed by atoms with van der Waals surface area (Å²) in [4.78, 5) is 38.5. The molecule has 3 heterocycles. The van der Waals surface area contributed by atoms with Crippen molar-refractivity contribution in [1.29, 1.82) is 0 Å². The summed E-state index contributed by atoms with van der Waals surface area (Å²) >= 11 is 0. The number of aliphatic hydroxyl groups excluding tert-OH is 12. The number of rotatable bonds is 51. The highest BCUT2D eigenvalue weighted by Crippen LogP contribution is 2.38. The standard InChI is InChI=1S/C64H118N2O22.H3N/c1-3-5-7-9-11-13-15-17-18-19-20-21-22-23-25-27-29-31-33-35-37-50(74)65-44(45(71)36-34-32-30-28-26-24-16-14-12-10-8-6-4-2)43-83-61-56(79)55(78)58(49(41-69)85-61)86-62-57(80)60(54(77)48(40-68)84-62)88-64(63(81)82)38-46(72)52(66-51(75)42-70)59(87-64)53(76)47(73)39-67;/h34,36,44-49,52-62,67-73,76-80H,3-33,35,37-43H2,1-2H3,(H,65,74)(H,66,75)(H,81,82);1H3/b36-34+;/t44-,45+,46-,47+,48+,49+,52+,53+,54-,55+,56+,57+,58+,59+,60-,61+,62-,64-;/m0./s1. The molecule has 25 heteroatoms. The molecule has 89 heavy (non-hydrogen) atoms. The monoisotopic (exact) mass is 1280 g/mol. The number of quaternary nitrogens is 1. The first-order chi connectivity index (χ1) is 42.4. The van der Waals surface area contributed by atoms with Crippen molar-refractivity contribution in [2.45, 2.75) is 342 Å². The normalized spacial score (nSPS) is 28.7. The Morgan fingerprint density at radius 2 is 1.07 bits per heavy atom. The van der Waals surface area contributed by atoms with Gasteiger partial charge in [0.05, 0.1) is 50.7 Å². The van der Waals surface area contributed by atoms with Crippen LogP contribution in [0.15, 0.2) is 12.2 Å². The number of carbonyl (C=O) groups is 3. The fraction of sp³-hybridized carbons (Fsp3) is 0.922. The van der Waals surface area contributed by atoms with Gasteiger partial charge in [-0.25, -0.2) is 0 Å². The van der Waals surface area contributed by atoms with Crippen LogP contribution >= 0.6 is 0 Å². The van der Waals surface area contributed by atoms with Crippen LogP contribution in [0, 0.1) is 0 Å². The summed E-state index contributed by atoms with van der Waals surface area (Å²) in [6, 6.07) is -2.81. The number of unbranched alkanes of at least 4 members (excludes halogenated alkanes) is 30. The Bertz CT molecular complexity index is 1850. The average Bonchev–Trinajstić information content (AvgIpc) is 0.813. The smallest absolute Gasteiger partial charge is 0.246 e. The van der Waals surface area contributed by atoms with E-state index in [1.807, 2.05) is 6.08 Å². The van der Waals surface area contributed by atoms with E-state index in [-0.39, 0.29) is 18.5 Å². The van der Waals surface area contributed by atoms with Gasteiger partial charge in [-0.2, -0.15) is 0 Å². The van der Waals surface area contributed by atoms with Crippen molar-refractivity contribution in [1.82, 2.24) is 16.8 Å². The number of carboxylic acid groups (broad SMARTS) is 1. The van der Waals surface area contributed by atoms with Gasteiger partial charge < -0.3 is 116 Å². The minimum absolute atomic E-state index is 0. The topological polar surface area (TPSA) is 433 Å². The molecular weight excluding hydrogens is 1160 g/mol. The third-order valence-electron chi connectivity index (χ3n) is 17.3. The third kappa shape index (κ3) is 30.1. The van der Waals surface area contributed by atoms with E-state index in [2.05, 4.69) is 24.5 Å². The lowest BCUT2D eigenvalue weighted by Crippen LogP contribution is -2.72. The van der Waals surface area contributed by atoms with Crippen molar-refractivity contribution in [3.8, 4) is 0 Å². The van der Waals surface area contributed by atoms with Gasteiger partial charge in [0, 0.05) is 12.8 Å². The van der Waals surface area contributed by atoms with Crippen molar-refractivity contribution in [3.05, 3.63) is 12.2 Å². The zero-order chi connectivity index (χ0) is 64.7. The molecule has 3 fully saturated rings. The van der Waals surface area contributed by atoms with Crippen LogP contribution in [0.2, 0.25) is 0 Å². The minimum Gasteiger partial charge on any atom is -0.544 e. The van der Waals surface area contributed by atoms with Gasteiger partial charge in [-0.05, 0) is 19.3 Å². The molecule has 0 saturated carbocycles. The van der Waals surface area contributed by atoms with Crippen LogP contribution in [-0.2, 0) is 42.8 Å². The lowest BCUT2D eigenvalue weighted by molar-refractivity contribution is -0.411. The van der Waals surface area contributed by atoms with Crippen LogP contribution < -0.4 is 21.9 Å². The Labute approximate surface area is 529 Å². The van der Waals surface area contributed by atoms with Crippen molar-refractivity contribution in [2.24, 2.45) is 0 Å². The molecule has 0 unspecified atom stereocenters. The van der Waals surface area contributed by atoms with Gasteiger partial charge in [0.2, 0.25) is 17.6 Å². The lowest BCUT2D eigenvalue weighted by Gasteiger charge is -2.52. The van der Waals surface area contributed by atoms with Gasteiger partial charge in [-0.15, -0.1) is 0 Å². The summed E-state index contributed by atoms with van der Waals surface area (Å²) in [6.45, 7) is -0.201. The van der Waals surface area contributed by atoms with Crippen LogP contribution in [0.5, 0.6) is 0 Å². The van der Waals surface area contributed by atoms with Gasteiger partial charge >= 0.3 is 0 Å². The molecule has 0 bridgehead atoms. The van der Waals surface area contributed by atoms with E-state index in [9.17, 15) is 80.8 Å². The summed E-state index contributed by atoms with van der Waals surface area (Å²) in [5.41, 5.74) is 0. The number of aliphatic hydroxyl groups is 12. The number of aliphatic carboxylic acids is 1. The Morgan fingerprint density at radius 3 is 1.53 bits per heavy atom. The zero-order valence-corrected chi connectivity index (χ0v) is 54.0. The molecule has 3 aliphatic heterocycles. The maximum absolute atomic E-state index is 13.4. The molecule has 18 atom stereocenters. The predicted molar refractivity (Wildman–Crippen MR) is 329 cm³/mol. The fourth-order valence-electron chi connectivity index (χ4n) is 11.8. The van der Waals surface area contributed by atoms with Crippen molar-refractivity contribution in [2.75, 3.05) is 33.0 Å². The lowest BCUT2D eigenvalue weighted by atomic mass is 9.88. The molecule has 3 aliphatic rings. The zero-order valence-electron chi connectivity index (χ0n) is 54.0. The molecule has 3 saturated heterocycles. The summed E-state index contributed by atoms with van der Waals surface area (Å²) in [5, 5.41) is 147. The third-order valence-corrected chi connectivity index (χ3v) is 17.3. The van der Waals surface area contributed by atoms with E-state index < -0.39 is 161 Å². The first-order valence-corrected chi connectivity index (χ1v) is 33.7. The van der Waals surface area contributed by atoms with Crippen LogP contribution in [0.1, 0.15) is 232 Å². The molecule has 3 rings (SSSR count). The highest BCUT2D eigenvalue weighted by Gasteiger charge is 2.58. The molecule has 18 N–H and O–H groups in total. The molecular formula is C64H121N3O22. The summed E-state index contributed by atoms with van der Waals surface area (Å²) < 4.78 is 34.5. The number of allylic oxidation sites excluding steroid dienone is 1. The van der Waals surface area contributed by atoms with E-state index in [0.717, 1.165) is 44.9 Å². The molecule has 0 radical (unpaired) electrons. The molecule has 25 nitrogen and oxygen atoms in total. The minimum atomic E-state index is -3.25. The van der Waals surface area contributed by atoms with E-state index in [0.29, 0.717) is 12.8 Å². The van der Waals surface area contributed by atoms with Gasteiger partial charge in [0.1, 0.15) is 79.7 Å². The first-order valence-electron chi connectivity index (χ1n) is 33.7. The van der Waals surface area contributed by atoms with Crippen molar-refractivity contribution in [3.63, 3.8) is 0 Å². The largest absolute Gasteiger partial charge is 0.544 e. The molecule has 2 amide bonds. The molecule has 0 aromatic rings. The van der Waals surface area contributed by atoms with Crippen LogP contribution in [0.25, 0.3) is 0 Å². The van der Waals surface area contributed by atoms with Crippen molar-refractivity contribution >= 4 is 17.8 Å². The molecule has 524 valence electrons. The number of hydrogen-bond donors (Lipinski definition) is 15. The number of ether oxygens (including phenoxy) is 6. The number of amides is 2. The average molecular weight is 1280 g/mol. The van der Waals surface area contributed by atoms with E-state index >= 15 is 0 Å². The highest BCUT2D eigenvalue weighted by molar-refractivity contribution is 5.78. The van der Waals surface area contributed by atoms with E-state index in [4.69, 9.17) is 28.4 Å². The van der Waals surface area contributed by atoms with Gasteiger partial charge in [-0.3, -0.25) is 9.59 Å².